The highest BCUT2D eigenvalue weighted by atomic mass is 14.8. The molecule has 0 saturated carbocycles. The van der Waals surface area contributed by atoms with Gasteiger partial charge in [-0.3, -0.25) is 0 Å². The van der Waals surface area contributed by atoms with Gasteiger partial charge in [0, 0.05) is 6.54 Å². The molecule has 0 heterocycles. The molecule has 0 rings (SSSR count). The second-order valence-corrected chi connectivity index (χ2v) is 1.21. The van der Waals surface area contributed by atoms with Gasteiger partial charge in [0.25, 0.3) is 0 Å². The summed E-state index contributed by atoms with van der Waals surface area (Å²) in [6.45, 7) is 10.4. The zero-order chi connectivity index (χ0) is 5.70. The third-order valence-corrected chi connectivity index (χ3v) is 0.539. The molecule has 1 N–H and O–H groups in total. The molecular formula is C5H8N2. The summed E-state index contributed by atoms with van der Waals surface area (Å²) in [5.74, 6) is 0. The Morgan fingerprint density at radius 2 is 2.57 bits per heavy atom. The first-order valence-electron chi connectivity index (χ1n) is 2.01. The van der Waals surface area contributed by atoms with Crippen molar-refractivity contribution in [2.24, 2.45) is 0 Å². The number of nitrogens with zero attached hydrogens (tertiary/aromatic N) is 1. The number of hydrogen-bond donors (Lipinski definition) is 1. The van der Waals surface area contributed by atoms with Gasteiger partial charge in [-0.1, -0.05) is 6.58 Å². The van der Waals surface area contributed by atoms with Crippen molar-refractivity contribution in [2.75, 3.05) is 13.6 Å². The van der Waals surface area contributed by atoms with E-state index in [1.807, 2.05) is 0 Å². The van der Waals surface area contributed by atoms with E-state index >= 15 is 0 Å². The molecule has 0 aromatic rings. The smallest absolute Gasteiger partial charge is 0.171 e. The number of nitrogens with one attached hydrogen (secondary N) is 1. The first kappa shape index (κ1) is 6.19. The fraction of sp³-hybridized carbons (Fsp3) is 0.400. The summed E-state index contributed by atoms with van der Waals surface area (Å²) >= 11 is 0. The molecule has 0 spiro atoms. The molecule has 0 aromatic heterocycles. The van der Waals surface area contributed by atoms with Crippen molar-refractivity contribution in [2.45, 2.75) is 0 Å². The van der Waals surface area contributed by atoms with Gasteiger partial charge in [0.05, 0.1) is 6.57 Å². The molecule has 2 nitrogen and oxygen atoms in total. The van der Waals surface area contributed by atoms with Gasteiger partial charge in [0.1, 0.15) is 0 Å². The monoisotopic (exact) mass is 96.1 g/mol. The van der Waals surface area contributed by atoms with E-state index in [9.17, 15) is 0 Å². The standard InChI is InChI=1S/C5H8N2/c1-5(7-3)4-6-2/h6H,1,4H2,2H3. The molecule has 0 saturated heterocycles. The van der Waals surface area contributed by atoms with Gasteiger partial charge < -0.3 is 5.32 Å². The second-order valence-electron chi connectivity index (χ2n) is 1.21. The van der Waals surface area contributed by atoms with Crippen molar-refractivity contribution in [1.29, 1.82) is 0 Å². The molecular weight excluding hydrogens is 88.1 g/mol. The quantitative estimate of drug-likeness (QED) is 0.499. The average Bonchev–Trinajstić information content (AvgIpc) is 1.68. The molecule has 7 heavy (non-hydrogen) atoms. The highest BCUT2D eigenvalue weighted by molar-refractivity contribution is 5.04. The number of likely N-dealkylation sites (N-methyl/N-ethyl adjacent to an activating group) is 1. The van der Waals surface area contributed by atoms with Gasteiger partial charge in [-0.15, -0.1) is 0 Å². The highest BCUT2D eigenvalue weighted by Gasteiger charge is 1.82. The summed E-state index contributed by atoms with van der Waals surface area (Å²) < 4.78 is 0. The Morgan fingerprint density at radius 3 is 2.71 bits per heavy atom. The molecule has 0 aliphatic heterocycles. The summed E-state index contributed by atoms with van der Waals surface area (Å²) in [4.78, 5) is 3.07. The minimum atomic E-state index is 0.558. The van der Waals surface area contributed by atoms with Crippen LogP contribution in [0.4, 0.5) is 0 Å². The van der Waals surface area contributed by atoms with E-state index in [4.69, 9.17) is 6.57 Å². The third-order valence-electron chi connectivity index (χ3n) is 0.539. The van der Waals surface area contributed by atoms with E-state index < -0.39 is 0 Å². The molecule has 0 amide bonds. The lowest BCUT2D eigenvalue weighted by atomic mass is 10.5. The predicted molar refractivity (Wildman–Crippen MR) is 29.7 cm³/mol. The summed E-state index contributed by atoms with van der Waals surface area (Å²) in [6, 6.07) is 0. The van der Waals surface area contributed by atoms with E-state index in [1.54, 1.807) is 7.05 Å². The SMILES string of the molecule is [C-]#[N+]C(=C)CNC. The van der Waals surface area contributed by atoms with Crippen LogP contribution < -0.4 is 5.32 Å². The highest BCUT2D eigenvalue weighted by Crippen LogP contribution is 1.84. The lowest BCUT2D eigenvalue weighted by Gasteiger charge is -1.88. The van der Waals surface area contributed by atoms with E-state index in [0.29, 0.717) is 12.2 Å². The maximum Gasteiger partial charge on any atom is 0.171 e. The molecule has 0 bridgehead atoms. The zero-order valence-electron chi connectivity index (χ0n) is 4.36. The minimum absolute atomic E-state index is 0.558. The lowest BCUT2D eigenvalue weighted by molar-refractivity contribution is 0.897. The summed E-state index contributed by atoms with van der Waals surface area (Å²) in [5.41, 5.74) is 0.558. The van der Waals surface area contributed by atoms with E-state index in [-0.39, 0.29) is 0 Å². The van der Waals surface area contributed by atoms with Crippen LogP contribution in [-0.2, 0) is 0 Å². The van der Waals surface area contributed by atoms with Gasteiger partial charge in [0.15, 0.2) is 5.70 Å². The molecule has 0 unspecified atom stereocenters. The fourth-order valence-electron chi connectivity index (χ4n) is 0.244. The van der Waals surface area contributed by atoms with Crippen molar-refractivity contribution in [3.63, 3.8) is 0 Å². The van der Waals surface area contributed by atoms with Crippen LogP contribution in [0.15, 0.2) is 12.3 Å². The normalized spacial score (nSPS) is 7.43. The van der Waals surface area contributed by atoms with Crippen LogP contribution >= 0.6 is 0 Å². The van der Waals surface area contributed by atoms with Crippen molar-refractivity contribution >= 4 is 0 Å². The largest absolute Gasteiger partial charge is 0.325 e. The molecule has 2 heteroatoms. The maximum absolute atomic E-state index is 6.40. The molecule has 0 radical (unpaired) electrons. The van der Waals surface area contributed by atoms with Crippen molar-refractivity contribution in [3.05, 3.63) is 23.7 Å². The zero-order valence-corrected chi connectivity index (χ0v) is 4.36. The van der Waals surface area contributed by atoms with E-state index in [1.165, 1.54) is 0 Å². The van der Waals surface area contributed by atoms with Gasteiger partial charge in [0.2, 0.25) is 0 Å². The predicted octanol–water partition coefficient (Wildman–Crippen LogP) is 0.639. The molecule has 0 atom stereocenters. The number of hydrogen-bond acceptors (Lipinski definition) is 1. The maximum atomic E-state index is 6.40. The van der Waals surface area contributed by atoms with E-state index in [0.717, 1.165) is 0 Å². The molecule has 0 aromatic carbocycles. The Kier molecular flexibility index (Phi) is 2.99. The molecule has 0 fully saturated rings. The fourth-order valence-corrected chi connectivity index (χ4v) is 0.244. The first-order chi connectivity index (χ1) is 3.31. The second kappa shape index (κ2) is 3.38. The Balaban J connectivity index is 3.24. The van der Waals surface area contributed by atoms with Crippen molar-refractivity contribution in [3.8, 4) is 0 Å². The first-order valence-corrected chi connectivity index (χ1v) is 2.01. The Bertz CT molecular complexity index is 99.1. The van der Waals surface area contributed by atoms with E-state index in [2.05, 4.69) is 16.7 Å². The molecule has 38 valence electrons. The lowest BCUT2D eigenvalue weighted by Crippen LogP contribution is -2.07. The Labute approximate surface area is 43.7 Å². The molecule has 0 aliphatic carbocycles. The Morgan fingerprint density at radius 1 is 2.00 bits per heavy atom. The summed E-state index contributed by atoms with van der Waals surface area (Å²) in [7, 11) is 1.79. The topological polar surface area (TPSA) is 16.4 Å². The van der Waals surface area contributed by atoms with Crippen LogP contribution in [0.3, 0.4) is 0 Å². The van der Waals surface area contributed by atoms with Crippen LogP contribution in [-0.4, -0.2) is 13.6 Å². The van der Waals surface area contributed by atoms with Crippen LogP contribution in [0.1, 0.15) is 0 Å². The number of rotatable bonds is 2. The van der Waals surface area contributed by atoms with Crippen LogP contribution in [0.2, 0.25) is 0 Å². The minimum Gasteiger partial charge on any atom is -0.325 e. The van der Waals surface area contributed by atoms with Crippen LogP contribution in [0.25, 0.3) is 4.85 Å². The average molecular weight is 96.1 g/mol. The summed E-state index contributed by atoms with van der Waals surface area (Å²) in [5, 5.41) is 2.81. The Hall–Kier alpha value is -0.810. The summed E-state index contributed by atoms with van der Waals surface area (Å²) in [6.07, 6.45) is 0. The van der Waals surface area contributed by atoms with Crippen LogP contribution in [0.5, 0.6) is 0 Å². The molecule has 0 aliphatic rings. The van der Waals surface area contributed by atoms with Gasteiger partial charge >= 0.3 is 0 Å². The van der Waals surface area contributed by atoms with Gasteiger partial charge in [-0.2, -0.15) is 0 Å². The third kappa shape index (κ3) is 3.01. The van der Waals surface area contributed by atoms with Gasteiger partial charge in [-0.25, -0.2) is 4.85 Å². The van der Waals surface area contributed by atoms with Gasteiger partial charge in [-0.05, 0) is 7.05 Å². The van der Waals surface area contributed by atoms with Crippen molar-refractivity contribution < 1.29 is 0 Å². The van der Waals surface area contributed by atoms with Crippen molar-refractivity contribution in [1.82, 2.24) is 5.32 Å². The van der Waals surface area contributed by atoms with Crippen LogP contribution in [0, 0.1) is 6.57 Å².